The zero-order valence-corrected chi connectivity index (χ0v) is 13.0. The average molecular weight is 289 g/mol. The lowest BCUT2D eigenvalue weighted by atomic mass is 10.2. The zero-order chi connectivity index (χ0) is 14.7. The summed E-state index contributed by atoms with van der Waals surface area (Å²) in [5.74, 6) is -0.0815. The molecule has 1 amide bonds. The number of aromatic nitrogens is 1. The van der Waals surface area contributed by atoms with E-state index in [1.807, 2.05) is 52.0 Å². The topological polar surface area (TPSA) is 54.0 Å². The lowest BCUT2D eigenvalue weighted by molar-refractivity contribution is -0.116. The van der Waals surface area contributed by atoms with Gasteiger partial charge < -0.3 is 10.6 Å². The number of nitrogens with zero attached hydrogens (tertiary/aromatic N) is 1. The molecule has 0 aliphatic rings. The molecule has 0 aliphatic heterocycles. The van der Waals surface area contributed by atoms with E-state index in [4.69, 9.17) is 0 Å². The van der Waals surface area contributed by atoms with E-state index in [1.165, 1.54) is 11.3 Å². The summed E-state index contributed by atoms with van der Waals surface area (Å²) >= 11 is 1.50. The minimum absolute atomic E-state index is 0.0815. The number of benzene rings is 1. The predicted molar refractivity (Wildman–Crippen MR) is 84.5 cm³/mol. The van der Waals surface area contributed by atoms with E-state index >= 15 is 0 Å². The van der Waals surface area contributed by atoms with Crippen LogP contribution in [0.3, 0.4) is 0 Å². The molecule has 0 spiro atoms. The first-order valence-electron chi connectivity index (χ1n) is 6.54. The lowest BCUT2D eigenvalue weighted by Gasteiger charge is -2.15. The van der Waals surface area contributed by atoms with Gasteiger partial charge in [0, 0.05) is 10.6 Å². The molecular formula is C15H19N3OS. The molecule has 0 saturated heterocycles. The number of thiazole rings is 1. The zero-order valence-electron chi connectivity index (χ0n) is 12.2. The van der Waals surface area contributed by atoms with E-state index in [-0.39, 0.29) is 11.9 Å². The molecule has 0 radical (unpaired) electrons. The summed E-state index contributed by atoms with van der Waals surface area (Å²) < 4.78 is 0. The van der Waals surface area contributed by atoms with Crippen molar-refractivity contribution in [3.8, 4) is 0 Å². The van der Waals surface area contributed by atoms with Crippen LogP contribution in [0.2, 0.25) is 0 Å². The van der Waals surface area contributed by atoms with Gasteiger partial charge in [0.1, 0.15) is 6.04 Å². The van der Waals surface area contributed by atoms with Crippen molar-refractivity contribution in [2.24, 2.45) is 0 Å². The number of para-hydroxylation sites is 1. The van der Waals surface area contributed by atoms with Gasteiger partial charge >= 0.3 is 0 Å². The standard InChI is InChI=1S/C15H19N3OS/c1-9-7-5-6-8-13(9)16-11(3)14(19)18-15-17-10(2)12(4)20-15/h5-8,11,16H,1-4H3,(H,17,18,19)/t11-/m0/s1. The van der Waals surface area contributed by atoms with Gasteiger partial charge in [0.2, 0.25) is 5.91 Å². The number of amides is 1. The Morgan fingerprint density at radius 3 is 2.55 bits per heavy atom. The molecule has 2 N–H and O–H groups in total. The first-order valence-corrected chi connectivity index (χ1v) is 7.36. The third-order valence-electron chi connectivity index (χ3n) is 3.17. The van der Waals surface area contributed by atoms with Crippen molar-refractivity contribution in [2.45, 2.75) is 33.7 Å². The molecule has 1 aromatic carbocycles. The minimum atomic E-state index is -0.319. The van der Waals surface area contributed by atoms with Crippen LogP contribution >= 0.6 is 11.3 Å². The van der Waals surface area contributed by atoms with E-state index in [1.54, 1.807) is 0 Å². The van der Waals surface area contributed by atoms with Gasteiger partial charge in [-0.15, -0.1) is 11.3 Å². The van der Waals surface area contributed by atoms with Crippen molar-refractivity contribution in [1.82, 2.24) is 4.98 Å². The van der Waals surface area contributed by atoms with Crippen LogP contribution in [-0.2, 0) is 4.79 Å². The third kappa shape index (κ3) is 3.36. The SMILES string of the molecule is Cc1ccccc1N[C@@H](C)C(=O)Nc1nc(C)c(C)s1. The Morgan fingerprint density at radius 2 is 1.95 bits per heavy atom. The molecule has 106 valence electrons. The van der Waals surface area contributed by atoms with Gasteiger partial charge in [-0.1, -0.05) is 18.2 Å². The number of nitrogens with one attached hydrogen (secondary N) is 2. The number of carbonyl (C=O) groups excluding carboxylic acids is 1. The maximum absolute atomic E-state index is 12.1. The lowest BCUT2D eigenvalue weighted by Crippen LogP contribution is -2.32. The summed E-state index contributed by atoms with van der Waals surface area (Å²) in [7, 11) is 0. The normalized spacial score (nSPS) is 12.0. The summed E-state index contributed by atoms with van der Waals surface area (Å²) in [6, 6.07) is 7.59. The van der Waals surface area contributed by atoms with E-state index in [9.17, 15) is 4.79 Å². The van der Waals surface area contributed by atoms with Crippen LogP contribution in [0.1, 0.15) is 23.1 Å². The largest absolute Gasteiger partial charge is 0.374 e. The summed E-state index contributed by atoms with van der Waals surface area (Å²) in [6.45, 7) is 7.80. The molecule has 0 saturated carbocycles. The van der Waals surface area contributed by atoms with Gasteiger partial charge in [0.15, 0.2) is 5.13 Å². The molecule has 0 aliphatic carbocycles. The van der Waals surface area contributed by atoms with Gasteiger partial charge in [0.25, 0.3) is 0 Å². The Morgan fingerprint density at radius 1 is 1.25 bits per heavy atom. The molecule has 0 bridgehead atoms. The van der Waals surface area contributed by atoms with Crippen molar-refractivity contribution in [3.63, 3.8) is 0 Å². The second-order valence-electron chi connectivity index (χ2n) is 4.83. The van der Waals surface area contributed by atoms with E-state index in [0.717, 1.165) is 21.8 Å². The molecule has 4 nitrogen and oxygen atoms in total. The summed E-state index contributed by atoms with van der Waals surface area (Å²) in [6.07, 6.45) is 0. The van der Waals surface area contributed by atoms with Crippen molar-refractivity contribution in [3.05, 3.63) is 40.4 Å². The Hall–Kier alpha value is -1.88. The van der Waals surface area contributed by atoms with Gasteiger partial charge in [-0.05, 0) is 39.3 Å². The molecule has 1 aromatic heterocycles. The number of hydrogen-bond acceptors (Lipinski definition) is 4. The Kier molecular flexibility index (Phi) is 4.39. The number of rotatable bonds is 4. The van der Waals surface area contributed by atoms with E-state index < -0.39 is 0 Å². The van der Waals surface area contributed by atoms with E-state index in [0.29, 0.717) is 5.13 Å². The summed E-state index contributed by atoms with van der Waals surface area (Å²) in [5, 5.41) is 6.72. The number of aryl methyl sites for hydroxylation is 3. The quantitative estimate of drug-likeness (QED) is 0.905. The monoisotopic (exact) mass is 289 g/mol. The molecular weight excluding hydrogens is 270 g/mol. The van der Waals surface area contributed by atoms with Crippen LogP contribution in [0.25, 0.3) is 0 Å². The van der Waals surface area contributed by atoms with Gasteiger partial charge in [-0.2, -0.15) is 0 Å². The first-order chi connectivity index (χ1) is 9.47. The van der Waals surface area contributed by atoms with Gasteiger partial charge in [-0.25, -0.2) is 4.98 Å². The second-order valence-corrected chi connectivity index (χ2v) is 6.03. The molecule has 2 rings (SSSR count). The maximum atomic E-state index is 12.1. The highest BCUT2D eigenvalue weighted by molar-refractivity contribution is 7.15. The highest BCUT2D eigenvalue weighted by atomic mass is 32.1. The highest BCUT2D eigenvalue weighted by Gasteiger charge is 2.15. The fraction of sp³-hybridized carbons (Fsp3) is 0.333. The van der Waals surface area contributed by atoms with Crippen molar-refractivity contribution < 1.29 is 4.79 Å². The van der Waals surface area contributed by atoms with Gasteiger partial charge in [-0.3, -0.25) is 4.79 Å². The third-order valence-corrected chi connectivity index (χ3v) is 4.16. The molecule has 0 unspecified atom stereocenters. The molecule has 20 heavy (non-hydrogen) atoms. The molecule has 2 aromatic rings. The van der Waals surface area contributed by atoms with Crippen LogP contribution in [-0.4, -0.2) is 16.9 Å². The fourth-order valence-electron chi connectivity index (χ4n) is 1.77. The van der Waals surface area contributed by atoms with Crippen molar-refractivity contribution in [2.75, 3.05) is 10.6 Å². The van der Waals surface area contributed by atoms with Crippen molar-refractivity contribution in [1.29, 1.82) is 0 Å². The summed E-state index contributed by atoms with van der Waals surface area (Å²) in [5.41, 5.74) is 3.06. The van der Waals surface area contributed by atoms with Crippen LogP contribution in [0.5, 0.6) is 0 Å². The number of anilines is 2. The maximum Gasteiger partial charge on any atom is 0.248 e. The fourth-order valence-corrected chi connectivity index (χ4v) is 2.59. The average Bonchev–Trinajstić information content (AvgIpc) is 2.71. The molecule has 5 heteroatoms. The Bertz CT molecular complexity index is 602. The smallest absolute Gasteiger partial charge is 0.248 e. The molecule has 0 fully saturated rings. The summed E-state index contributed by atoms with van der Waals surface area (Å²) in [4.78, 5) is 17.6. The minimum Gasteiger partial charge on any atom is -0.374 e. The Labute approximate surface area is 123 Å². The van der Waals surface area contributed by atoms with Crippen LogP contribution in [0.4, 0.5) is 10.8 Å². The van der Waals surface area contributed by atoms with Gasteiger partial charge in [0.05, 0.1) is 5.69 Å². The second kappa shape index (κ2) is 6.05. The number of carbonyl (C=O) groups is 1. The van der Waals surface area contributed by atoms with Crippen LogP contribution < -0.4 is 10.6 Å². The van der Waals surface area contributed by atoms with E-state index in [2.05, 4.69) is 15.6 Å². The Balaban J connectivity index is 2.00. The first kappa shape index (κ1) is 14.5. The number of hydrogen-bond donors (Lipinski definition) is 2. The van der Waals surface area contributed by atoms with Crippen molar-refractivity contribution >= 4 is 28.1 Å². The van der Waals surface area contributed by atoms with Crippen LogP contribution in [0, 0.1) is 20.8 Å². The van der Waals surface area contributed by atoms with Crippen LogP contribution in [0.15, 0.2) is 24.3 Å². The predicted octanol–water partition coefficient (Wildman–Crippen LogP) is 3.51. The molecule has 1 atom stereocenters. The molecule has 1 heterocycles. The highest BCUT2D eigenvalue weighted by Crippen LogP contribution is 2.21.